The molecule has 0 saturated heterocycles. The van der Waals surface area contributed by atoms with E-state index in [1.54, 1.807) is 0 Å². The van der Waals surface area contributed by atoms with Crippen LogP contribution in [-0.4, -0.2) is 51.7 Å². The molecule has 0 aromatic heterocycles. The van der Waals surface area contributed by atoms with Gasteiger partial charge >= 0.3 is 17.9 Å². The maximum absolute atomic E-state index is 11.2. The van der Waals surface area contributed by atoms with Crippen molar-refractivity contribution in [1.82, 2.24) is 0 Å². The van der Waals surface area contributed by atoms with Crippen LogP contribution >= 0.6 is 0 Å². The summed E-state index contributed by atoms with van der Waals surface area (Å²) in [6.07, 6.45) is 1.72. The second kappa shape index (κ2) is 9.73. The molecule has 0 saturated carbocycles. The average molecular weight is 356 g/mol. The standard InChI is InChI=1S/C10H14O.C7H10O7/c1-7(2)9-5-4-8(3)10(11)6-9;1-14-5(10)3-7(13,6(11)12)2-4(8)9/h4,9H,1,5-6H2,2-3H3;13H,2-3H2,1H3,(H,8,9)(H,11,12). The molecule has 0 heterocycles. The highest BCUT2D eigenvalue weighted by Gasteiger charge is 2.41. The number of ketones is 1. The molecule has 140 valence electrons. The van der Waals surface area contributed by atoms with Crippen LogP contribution in [0.1, 0.15) is 39.5 Å². The van der Waals surface area contributed by atoms with Gasteiger partial charge in [-0.05, 0) is 31.8 Å². The van der Waals surface area contributed by atoms with Gasteiger partial charge in [-0.25, -0.2) is 4.79 Å². The third kappa shape index (κ3) is 7.75. The topological polar surface area (TPSA) is 138 Å². The van der Waals surface area contributed by atoms with Crippen LogP contribution in [0.4, 0.5) is 0 Å². The zero-order valence-corrected chi connectivity index (χ0v) is 14.6. The lowest BCUT2D eigenvalue weighted by atomic mass is 9.85. The zero-order valence-electron chi connectivity index (χ0n) is 14.6. The number of allylic oxidation sites excluding steroid dienone is 3. The molecular formula is C17H24O8. The minimum absolute atomic E-state index is 0.282. The Bertz CT molecular complexity index is 589. The summed E-state index contributed by atoms with van der Waals surface area (Å²) in [4.78, 5) is 42.6. The Kier molecular flexibility index (Phi) is 8.76. The second-order valence-electron chi connectivity index (χ2n) is 5.95. The van der Waals surface area contributed by atoms with Gasteiger partial charge in [0.25, 0.3) is 0 Å². The Morgan fingerprint density at radius 2 is 1.88 bits per heavy atom. The number of carboxylic acids is 2. The summed E-state index contributed by atoms with van der Waals surface area (Å²) >= 11 is 0. The number of carbonyl (C=O) groups is 4. The number of aliphatic carboxylic acids is 2. The number of Topliss-reactive ketones (excluding diaryl/α,β-unsaturated/α-hetero) is 1. The van der Waals surface area contributed by atoms with Crippen LogP contribution in [0.2, 0.25) is 0 Å². The normalized spacial score (nSPS) is 18.8. The van der Waals surface area contributed by atoms with Crippen LogP contribution < -0.4 is 0 Å². The number of carboxylic acid groups (broad SMARTS) is 2. The average Bonchev–Trinajstić information content (AvgIpc) is 2.49. The van der Waals surface area contributed by atoms with Crippen LogP contribution in [0.5, 0.6) is 0 Å². The summed E-state index contributed by atoms with van der Waals surface area (Å²) in [7, 11) is 1.01. The Balaban J connectivity index is 0.000000472. The van der Waals surface area contributed by atoms with Gasteiger partial charge < -0.3 is 20.1 Å². The van der Waals surface area contributed by atoms with Gasteiger partial charge in [-0.2, -0.15) is 0 Å². The quantitative estimate of drug-likeness (QED) is 0.478. The first-order chi connectivity index (χ1) is 11.4. The highest BCUT2D eigenvalue weighted by atomic mass is 16.5. The van der Waals surface area contributed by atoms with E-state index in [0.717, 1.165) is 24.7 Å². The zero-order chi connectivity index (χ0) is 19.8. The first kappa shape index (κ1) is 22.5. The van der Waals surface area contributed by atoms with Crippen LogP contribution in [0.15, 0.2) is 23.8 Å². The fourth-order valence-electron chi connectivity index (χ4n) is 2.05. The monoisotopic (exact) mass is 356 g/mol. The van der Waals surface area contributed by atoms with E-state index in [1.165, 1.54) is 0 Å². The smallest absolute Gasteiger partial charge is 0.336 e. The summed E-state index contributed by atoms with van der Waals surface area (Å²) in [5, 5.41) is 26.1. The molecule has 2 atom stereocenters. The molecule has 0 aromatic rings. The van der Waals surface area contributed by atoms with Gasteiger partial charge in [-0.3, -0.25) is 14.4 Å². The molecule has 1 aliphatic rings. The molecule has 3 N–H and O–H groups in total. The van der Waals surface area contributed by atoms with Crippen molar-refractivity contribution in [3.8, 4) is 0 Å². The van der Waals surface area contributed by atoms with Gasteiger partial charge in [-0.1, -0.05) is 18.2 Å². The number of aliphatic hydroxyl groups is 1. The summed E-state index contributed by atoms with van der Waals surface area (Å²) < 4.78 is 4.12. The van der Waals surface area contributed by atoms with Crippen molar-refractivity contribution in [3.63, 3.8) is 0 Å². The predicted molar refractivity (Wildman–Crippen MR) is 87.8 cm³/mol. The van der Waals surface area contributed by atoms with Gasteiger partial charge in [-0.15, -0.1) is 0 Å². The molecular weight excluding hydrogens is 332 g/mol. The predicted octanol–water partition coefficient (Wildman–Crippen LogP) is 1.33. The van der Waals surface area contributed by atoms with Crippen molar-refractivity contribution >= 4 is 23.7 Å². The van der Waals surface area contributed by atoms with Gasteiger partial charge in [0.2, 0.25) is 0 Å². The number of esters is 1. The van der Waals surface area contributed by atoms with Crippen molar-refractivity contribution in [2.45, 2.75) is 45.1 Å². The molecule has 0 bridgehead atoms. The Morgan fingerprint density at radius 1 is 1.32 bits per heavy atom. The molecule has 2 unspecified atom stereocenters. The van der Waals surface area contributed by atoms with Crippen molar-refractivity contribution in [2.24, 2.45) is 5.92 Å². The van der Waals surface area contributed by atoms with Gasteiger partial charge in [0.1, 0.15) is 0 Å². The van der Waals surface area contributed by atoms with E-state index in [-0.39, 0.29) is 5.78 Å². The van der Waals surface area contributed by atoms with E-state index in [0.29, 0.717) is 12.3 Å². The van der Waals surface area contributed by atoms with Crippen LogP contribution in [0.3, 0.4) is 0 Å². The third-order valence-corrected chi connectivity index (χ3v) is 3.78. The molecule has 0 radical (unpaired) electrons. The first-order valence-electron chi connectivity index (χ1n) is 7.52. The number of methoxy groups -OCH3 is 1. The lowest BCUT2D eigenvalue weighted by molar-refractivity contribution is -0.171. The van der Waals surface area contributed by atoms with Crippen LogP contribution in [0.25, 0.3) is 0 Å². The molecule has 8 heteroatoms. The summed E-state index contributed by atoms with van der Waals surface area (Å²) in [6.45, 7) is 7.74. The lowest BCUT2D eigenvalue weighted by Crippen LogP contribution is -2.42. The van der Waals surface area contributed by atoms with Crippen molar-refractivity contribution in [1.29, 1.82) is 0 Å². The summed E-state index contributed by atoms with van der Waals surface area (Å²) in [5.41, 5.74) is -0.566. The summed E-state index contributed by atoms with van der Waals surface area (Å²) in [6, 6.07) is 0. The number of hydrogen-bond donors (Lipinski definition) is 3. The molecule has 1 rings (SSSR count). The molecule has 1 aliphatic carbocycles. The van der Waals surface area contributed by atoms with Crippen LogP contribution in [0, 0.1) is 5.92 Å². The minimum atomic E-state index is -2.61. The van der Waals surface area contributed by atoms with E-state index in [1.807, 2.05) is 19.9 Å². The minimum Gasteiger partial charge on any atom is -0.481 e. The number of hydrogen-bond acceptors (Lipinski definition) is 6. The number of carbonyl (C=O) groups excluding carboxylic acids is 2. The number of ether oxygens (including phenoxy) is 1. The second-order valence-corrected chi connectivity index (χ2v) is 5.95. The highest BCUT2D eigenvalue weighted by Crippen LogP contribution is 2.25. The lowest BCUT2D eigenvalue weighted by Gasteiger charge is -2.19. The van der Waals surface area contributed by atoms with E-state index in [4.69, 9.17) is 10.2 Å². The molecule has 8 nitrogen and oxygen atoms in total. The third-order valence-electron chi connectivity index (χ3n) is 3.78. The number of rotatable bonds is 6. The van der Waals surface area contributed by atoms with Crippen molar-refractivity contribution < 1.29 is 39.2 Å². The van der Waals surface area contributed by atoms with Crippen molar-refractivity contribution in [3.05, 3.63) is 23.8 Å². The van der Waals surface area contributed by atoms with E-state index in [9.17, 15) is 24.3 Å². The molecule has 0 aromatic carbocycles. The summed E-state index contributed by atoms with van der Waals surface area (Å²) in [5.74, 6) is -3.60. The first-order valence-corrected chi connectivity index (χ1v) is 7.52. The maximum atomic E-state index is 11.2. The van der Waals surface area contributed by atoms with E-state index >= 15 is 0 Å². The molecule has 0 spiro atoms. The Labute approximate surface area is 145 Å². The molecule has 25 heavy (non-hydrogen) atoms. The maximum Gasteiger partial charge on any atom is 0.336 e. The van der Waals surface area contributed by atoms with E-state index in [2.05, 4.69) is 11.3 Å². The molecule has 0 amide bonds. The van der Waals surface area contributed by atoms with Gasteiger partial charge in [0.05, 0.1) is 20.0 Å². The van der Waals surface area contributed by atoms with Gasteiger partial charge in [0, 0.05) is 6.42 Å². The van der Waals surface area contributed by atoms with E-state index < -0.39 is 36.4 Å². The molecule has 0 fully saturated rings. The fourth-order valence-corrected chi connectivity index (χ4v) is 2.05. The van der Waals surface area contributed by atoms with Gasteiger partial charge in [0.15, 0.2) is 11.4 Å². The Hall–Kier alpha value is -2.48. The Morgan fingerprint density at radius 3 is 2.24 bits per heavy atom. The largest absolute Gasteiger partial charge is 0.481 e. The highest BCUT2D eigenvalue weighted by molar-refractivity contribution is 5.95. The van der Waals surface area contributed by atoms with Crippen molar-refractivity contribution in [2.75, 3.05) is 7.11 Å². The SMILES string of the molecule is C=C(C)C1CC=C(C)C(=O)C1.COC(=O)CC(O)(CC(=O)O)C(=O)O. The fraction of sp³-hybridized carbons (Fsp3) is 0.529. The molecule has 0 aliphatic heterocycles. The van der Waals surface area contributed by atoms with Crippen LogP contribution in [-0.2, 0) is 23.9 Å².